The van der Waals surface area contributed by atoms with Gasteiger partial charge >= 0.3 is 0 Å². The van der Waals surface area contributed by atoms with E-state index >= 15 is 8.78 Å². The van der Waals surface area contributed by atoms with Crippen LogP contribution < -0.4 is 15.6 Å². The number of alkyl halides is 4. The topological polar surface area (TPSA) is 182 Å². The summed E-state index contributed by atoms with van der Waals surface area (Å²) in [6.07, 6.45) is -1.74. The smallest absolute Gasteiger partial charge is 0.293 e. The molecule has 1 fully saturated rings. The van der Waals surface area contributed by atoms with Gasteiger partial charge in [-0.15, -0.1) is 0 Å². The van der Waals surface area contributed by atoms with Crippen LogP contribution in [0.3, 0.4) is 0 Å². The number of benzene rings is 2. The minimum absolute atomic E-state index is 0.00534. The Morgan fingerprint density at radius 2 is 1.86 bits per heavy atom. The normalized spacial score (nSPS) is 17.4. The molecule has 0 aliphatic heterocycles. The number of amides is 1. The van der Waals surface area contributed by atoms with Crippen LogP contribution >= 0.6 is 11.6 Å². The zero-order valence-corrected chi connectivity index (χ0v) is 30.8. The molecule has 22 heteroatoms. The number of rotatable bonds is 10. The van der Waals surface area contributed by atoms with Crippen LogP contribution in [-0.2, 0) is 40.8 Å². The zero-order valence-electron chi connectivity index (χ0n) is 29.2. The number of aryl methyl sites for hydroxylation is 1. The van der Waals surface area contributed by atoms with Crippen LogP contribution in [0, 0.1) is 28.9 Å². The number of carbonyl (C=O) groups excluding carboxylic acids is 1. The Bertz CT molecular complexity index is 2910. The van der Waals surface area contributed by atoms with Crippen molar-refractivity contribution in [2.75, 3.05) is 11.0 Å². The van der Waals surface area contributed by atoms with Crippen molar-refractivity contribution < 1.29 is 39.6 Å². The number of sulfonamides is 1. The molecule has 2 aliphatic rings. The number of nitrogens with one attached hydrogen (secondary N) is 2. The van der Waals surface area contributed by atoms with Crippen LogP contribution in [-0.4, -0.2) is 54.7 Å². The molecule has 294 valence electrons. The molecular formula is C35H25ClF6N10O4S. The lowest BCUT2D eigenvalue weighted by Crippen LogP contribution is -2.38. The van der Waals surface area contributed by atoms with E-state index in [0.717, 1.165) is 29.2 Å². The first-order chi connectivity index (χ1) is 26.9. The molecule has 2 aromatic carbocycles. The molecule has 2 aliphatic carbocycles. The molecule has 57 heavy (non-hydrogen) atoms. The SMILES string of the molecule is Cn1nc(NS(C)(=O)=O)c2c(Cl)ccc(-n3c(C(Cc4cc(F)cc(F)c4)NC(=O)Cn4nc(C(F)F)c5c4C(F)(F)[C@@H]4C[C@H]54)nc4ncc(C#N)cc4c3=O)c21. The Balaban J connectivity index is 1.33. The number of anilines is 1. The molecule has 3 atom stereocenters. The van der Waals surface area contributed by atoms with E-state index in [9.17, 15) is 40.8 Å². The number of aromatic nitrogens is 7. The van der Waals surface area contributed by atoms with Crippen LogP contribution in [0.25, 0.3) is 27.6 Å². The van der Waals surface area contributed by atoms with E-state index in [0.29, 0.717) is 10.7 Å². The van der Waals surface area contributed by atoms with Gasteiger partial charge in [-0.25, -0.2) is 35.9 Å². The first-order valence-corrected chi connectivity index (χ1v) is 19.1. The predicted octanol–water partition coefficient (Wildman–Crippen LogP) is 5.29. The Morgan fingerprint density at radius 1 is 1.14 bits per heavy atom. The number of pyridine rings is 1. The lowest BCUT2D eigenvalue weighted by molar-refractivity contribution is -0.123. The number of carbonyl (C=O) groups is 1. The monoisotopic (exact) mass is 830 g/mol. The van der Waals surface area contributed by atoms with Crippen LogP contribution in [0.4, 0.5) is 32.2 Å². The van der Waals surface area contributed by atoms with Gasteiger partial charge in [0.25, 0.3) is 17.9 Å². The fourth-order valence-corrected chi connectivity index (χ4v) is 8.26. The average molecular weight is 831 g/mol. The Labute approximate surface area is 321 Å². The average Bonchev–Trinajstić information content (AvgIpc) is 3.66. The molecule has 14 nitrogen and oxygen atoms in total. The van der Waals surface area contributed by atoms with Crippen molar-refractivity contribution in [3.8, 4) is 11.8 Å². The third-order valence-corrected chi connectivity index (χ3v) is 10.7. The number of hydrogen-bond acceptors (Lipinski definition) is 9. The minimum Gasteiger partial charge on any atom is -0.344 e. The highest BCUT2D eigenvalue weighted by atomic mass is 35.5. The second-order valence-electron chi connectivity index (χ2n) is 13.7. The van der Waals surface area contributed by atoms with Gasteiger partial charge in [0.05, 0.1) is 44.9 Å². The van der Waals surface area contributed by atoms with E-state index in [4.69, 9.17) is 11.6 Å². The van der Waals surface area contributed by atoms with Crippen molar-refractivity contribution in [3.05, 3.63) is 104 Å². The molecule has 0 radical (unpaired) electrons. The molecule has 0 bridgehead atoms. The third kappa shape index (κ3) is 6.51. The van der Waals surface area contributed by atoms with Crippen LogP contribution in [0.5, 0.6) is 0 Å². The van der Waals surface area contributed by atoms with Gasteiger partial charge in [-0.05, 0) is 48.2 Å². The summed E-state index contributed by atoms with van der Waals surface area (Å²) >= 11 is 6.54. The highest BCUT2D eigenvalue weighted by Crippen LogP contribution is 2.68. The summed E-state index contributed by atoms with van der Waals surface area (Å²) in [6.45, 7) is -1.01. The summed E-state index contributed by atoms with van der Waals surface area (Å²) in [5, 5.41) is 19.9. The molecule has 1 amide bonds. The summed E-state index contributed by atoms with van der Waals surface area (Å²) < 4.78 is 117. The lowest BCUT2D eigenvalue weighted by atomic mass is 10.0. The van der Waals surface area contributed by atoms with Gasteiger partial charge in [-0.2, -0.15) is 24.2 Å². The molecule has 0 spiro atoms. The Kier molecular flexibility index (Phi) is 8.84. The van der Waals surface area contributed by atoms with E-state index in [2.05, 4.69) is 30.2 Å². The van der Waals surface area contributed by atoms with Crippen molar-refractivity contribution in [2.24, 2.45) is 13.0 Å². The second-order valence-corrected chi connectivity index (χ2v) is 15.9. The molecule has 0 saturated heterocycles. The number of hydrogen-bond donors (Lipinski definition) is 2. The molecular weight excluding hydrogens is 806 g/mol. The first kappa shape index (κ1) is 37.9. The Hall–Kier alpha value is -6.01. The number of nitriles is 1. The van der Waals surface area contributed by atoms with Gasteiger partial charge < -0.3 is 5.32 Å². The van der Waals surface area contributed by atoms with Gasteiger partial charge in [0.1, 0.15) is 41.5 Å². The van der Waals surface area contributed by atoms with Crippen molar-refractivity contribution in [1.29, 1.82) is 5.26 Å². The Morgan fingerprint density at radius 3 is 2.53 bits per heavy atom. The highest BCUT2D eigenvalue weighted by Gasteiger charge is 2.67. The van der Waals surface area contributed by atoms with Crippen LogP contribution in [0.2, 0.25) is 5.02 Å². The maximum atomic E-state index is 15.4. The van der Waals surface area contributed by atoms with Crippen molar-refractivity contribution in [3.63, 3.8) is 0 Å². The summed E-state index contributed by atoms with van der Waals surface area (Å²) in [4.78, 5) is 37.2. The van der Waals surface area contributed by atoms with Gasteiger partial charge in [0.2, 0.25) is 15.9 Å². The standard InChI is InChI=1S/C35H25ClF6N10O4S/c1-50-28-23(4-3-21(36)26(28)32(48-50)49-57(2,55)56)52-33(46-31-19(34(52)54)7-15(11-43)12-44-31)22(8-14-5-16(37)9-17(38)6-14)45-24(53)13-51-29-25(27(47-51)30(39)40)18-10-20(18)35(29,41)42/h3-7,9,12,18,20,22,30H,8,10,13H2,1-2H3,(H,45,53)(H,48,49)/t18-,20+,22?/m0/s1. The van der Waals surface area contributed by atoms with Gasteiger partial charge in [0.15, 0.2) is 11.5 Å². The van der Waals surface area contributed by atoms with Crippen molar-refractivity contribution in [1.82, 2.24) is 39.4 Å². The summed E-state index contributed by atoms with van der Waals surface area (Å²) in [7, 11) is -2.51. The first-order valence-electron chi connectivity index (χ1n) is 16.8. The maximum Gasteiger partial charge on any atom is 0.293 e. The van der Waals surface area contributed by atoms with Crippen LogP contribution in [0.1, 0.15) is 58.7 Å². The van der Waals surface area contributed by atoms with E-state index in [1.807, 2.05) is 6.07 Å². The summed E-state index contributed by atoms with van der Waals surface area (Å²) in [6, 6.07) is 6.65. The van der Waals surface area contributed by atoms with E-state index < -0.39 is 87.7 Å². The summed E-state index contributed by atoms with van der Waals surface area (Å²) in [5.74, 6) is -9.27. The fourth-order valence-electron chi connectivity index (χ4n) is 7.53. The summed E-state index contributed by atoms with van der Waals surface area (Å²) in [5.41, 5.74) is -3.23. The van der Waals surface area contributed by atoms with E-state index in [-0.39, 0.29) is 67.4 Å². The molecule has 1 saturated carbocycles. The quantitative estimate of drug-likeness (QED) is 0.174. The zero-order chi connectivity index (χ0) is 40.9. The second kappa shape index (κ2) is 13.3. The number of nitrogens with zero attached hydrogens (tertiary/aromatic N) is 8. The largest absolute Gasteiger partial charge is 0.344 e. The van der Waals surface area contributed by atoms with E-state index in [1.165, 1.54) is 29.9 Å². The molecule has 4 heterocycles. The van der Waals surface area contributed by atoms with E-state index in [1.54, 1.807) is 0 Å². The number of fused-ring (bicyclic) bond motifs is 5. The third-order valence-electron chi connectivity index (χ3n) is 9.79. The number of halogens is 7. The molecule has 4 aromatic heterocycles. The lowest BCUT2D eigenvalue weighted by Gasteiger charge is -2.24. The fraction of sp³-hybridized carbons (Fsp3) is 0.286. The van der Waals surface area contributed by atoms with Gasteiger partial charge in [-0.1, -0.05) is 11.6 Å². The molecule has 2 N–H and O–H groups in total. The molecule has 6 aromatic rings. The molecule has 1 unspecified atom stereocenters. The molecule has 8 rings (SSSR count). The minimum atomic E-state index is -3.92. The van der Waals surface area contributed by atoms with Crippen LogP contribution in [0.15, 0.2) is 47.4 Å². The van der Waals surface area contributed by atoms with Crippen molar-refractivity contribution >= 4 is 55.3 Å². The highest BCUT2D eigenvalue weighted by molar-refractivity contribution is 7.92. The van der Waals surface area contributed by atoms with Gasteiger partial charge in [0, 0.05) is 37.2 Å². The predicted molar refractivity (Wildman–Crippen MR) is 190 cm³/mol. The van der Waals surface area contributed by atoms with Crippen molar-refractivity contribution in [2.45, 2.75) is 43.7 Å². The van der Waals surface area contributed by atoms with Gasteiger partial charge in [-0.3, -0.25) is 28.2 Å². The maximum absolute atomic E-state index is 15.4.